The van der Waals surface area contributed by atoms with Crippen molar-refractivity contribution in [2.24, 2.45) is 0 Å². The molecule has 0 unspecified atom stereocenters. The standard InChI is InChI=1S/C5H7NS2/c1-4-3-8-5(6-4)7-2/h3H,1-2H3. The van der Waals surface area contributed by atoms with Crippen LogP contribution >= 0.6 is 23.1 Å². The van der Waals surface area contributed by atoms with Crippen molar-refractivity contribution >= 4 is 23.1 Å². The van der Waals surface area contributed by atoms with Crippen molar-refractivity contribution < 1.29 is 0 Å². The first kappa shape index (κ1) is 6.11. The van der Waals surface area contributed by atoms with Crippen molar-refractivity contribution in [1.82, 2.24) is 4.98 Å². The van der Waals surface area contributed by atoms with E-state index < -0.39 is 0 Å². The lowest BCUT2D eigenvalue weighted by Gasteiger charge is -1.79. The number of aromatic nitrogens is 1. The largest absolute Gasteiger partial charge is 0.235 e. The van der Waals surface area contributed by atoms with Gasteiger partial charge in [-0.05, 0) is 13.2 Å². The number of thioether (sulfide) groups is 1. The normalized spacial score (nSPS) is 9.75. The van der Waals surface area contributed by atoms with Gasteiger partial charge in [-0.3, -0.25) is 0 Å². The number of aryl methyl sites for hydroxylation is 1. The van der Waals surface area contributed by atoms with E-state index in [0.29, 0.717) is 0 Å². The summed E-state index contributed by atoms with van der Waals surface area (Å²) in [6.45, 7) is 2.01. The monoisotopic (exact) mass is 145 g/mol. The minimum absolute atomic E-state index is 1.12. The van der Waals surface area contributed by atoms with E-state index in [4.69, 9.17) is 0 Å². The van der Waals surface area contributed by atoms with E-state index in [1.165, 1.54) is 0 Å². The van der Waals surface area contributed by atoms with E-state index in [1.54, 1.807) is 23.1 Å². The Hall–Kier alpha value is -0.0200. The van der Waals surface area contributed by atoms with E-state index in [-0.39, 0.29) is 0 Å². The zero-order chi connectivity index (χ0) is 5.98. The van der Waals surface area contributed by atoms with Gasteiger partial charge in [-0.2, -0.15) is 0 Å². The van der Waals surface area contributed by atoms with Gasteiger partial charge < -0.3 is 0 Å². The van der Waals surface area contributed by atoms with Gasteiger partial charge in [0.1, 0.15) is 4.34 Å². The maximum atomic E-state index is 4.21. The topological polar surface area (TPSA) is 12.9 Å². The molecule has 0 aliphatic carbocycles. The van der Waals surface area contributed by atoms with Gasteiger partial charge in [0.05, 0.1) is 0 Å². The smallest absolute Gasteiger partial charge is 0.149 e. The van der Waals surface area contributed by atoms with Crippen LogP contribution in [0.2, 0.25) is 0 Å². The summed E-state index contributed by atoms with van der Waals surface area (Å²) in [4.78, 5) is 4.21. The summed E-state index contributed by atoms with van der Waals surface area (Å²) in [6.07, 6.45) is 2.04. The molecule has 0 aliphatic heterocycles. The second-order valence-electron chi connectivity index (χ2n) is 1.46. The zero-order valence-corrected chi connectivity index (χ0v) is 6.47. The van der Waals surface area contributed by atoms with Gasteiger partial charge in [-0.1, -0.05) is 11.8 Å². The molecule has 0 aromatic carbocycles. The maximum Gasteiger partial charge on any atom is 0.149 e. The number of rotatable bonds is 1. The van der Waals surface area contributed by atoms with Crippen LogP contribution in [0.3, 0.4) is 0 Å². The van der Waals surface area contributed by atoms with Crippen molar-refractivity contribution in [2.45, 2.75) is 11.3 Å². The van der Waals surface area contributed by atoms with Crippen molar-refractivity contribution in [3.63, 3.8) is 0 Å². The Labute approximate surface area is 57.1 Å². The molecule has 1 heterocycles. The summed E-state index contributed by atoms with van der Waals surface area (Å²) in [5, 5.41) is 2.06. The first-order valence-corrected chi connectivity index (χ1v) is 4.39. The van der Waals surface area contributed by atoms with Crippen LogP contribution in [-0.2, 0) is 0 Å². The lowest BCUT2D eigenvalue weighted by Crippen LogP contribution is -1.66. The summed E-state index contributed by atoms with van der Waals surface area (Å²) >= 11 is 3.40. The second-order valence-corrected chi connectivity index (χ2v) is 3.37. The molecule has 0 spiro atoms. The molecule has 8 heavy (non-hydrogen) atoms. The zero-order valence-electron chi connectivity index (χ0n) is 4.84. The molecule has 0 bridgehead atoms. The molecular weight excluding hydrogens is 138 g/mol. The van der Waals surface area contributed by atoms with Gasteiger partial charge in [-0.25, -0.2) is 4.98 Å². The fourth-order valence-corrected chi connectivity index (χ4v) is 1.71. The lowest BCUT2D eigenvalue weighted by atomic mass is 10.6. The lowest BCUT2D eigenvalue weighted by molar-refractivity contribution is 1.16. The molecule has 0 radical (unpaired) electrons. The Bertz CT molecular complexity index is 171. The molecule has 0 atom stereocenters. The van der Waals surface area contributed by atoms with Crippen molar-refractivity contribution in [2.75, 3.05) is 6.26 Å². The number of thiazole rings is 1. The Morgan fingerprint density at radius 3 is 2.75 bits per heavy atom. The minimum atomic E-state index is 1.12. The summed E-state index contributed by atoms with van der Waals surface area (Å²) in [5.74, 6) is 0. The Balaban J connectivity index is 2.84. The van der Waals surface area contributed by atoms with Crippen LogP contribution in [0.25, 0.3) is 0 Å². The van der Waals surface area contributed by atoms with E-state index in [2.05, 4.69) is 10.4 Å². The fraction of sp³-hybridized carbons (Fsp3) is 0.400. The summed E-state index contributed by atoms with van der Waals surface area (Å²) in [7, 11) is 0. The van der Waals surface area contributed by atoms with Crippen LogP contribution in [0.1, 0.15) is 5.69 Å². The third-order valence-electron chi connectivity index (χ3n) is 0.773. The third-order valence-corrected chi connectivity index (χ3v) is 2.75. The van der Waals surface area contributed by atoms with Crippen LogP contribution in [0.5, 0.6) is 0 Å². The van der Waals surface area contributed by atoms with E-state index in [1.807, 2.05) is 13.2 Å². The molecule has 0 saturated carbocycles. The highest BCUT2D eigenvalue weighted by atomic mass is 32.2. The number of nitrogens with zero attached hydrogens (tertiary/aromatic N) is 1. The molecule has 0 N–H and O–H groups in total. The second kappa shape index (κ2) is 2.51. The molecular formula is C5H7NS2. The van der Waals surface area contributed by atoms with Gasteiger partial charge in [-0.15, -0.1) is 11.3 Å². The Morgan fingerprint density at radius 2 is 2.50 bits per heavy atom. The summed E-state index contributed by atoms with van der Waals surface area (Å²) in [6, 6.07) is 0. The van der Waals surface area contributed by atoms with Gasteiger partial charge in [0, 0.05) is 11.1 Å². The molecule has 3 heteroatoms. The molecule has 1 nitrogen and oxygen atoms in total. The molecule has 0 amide bonds. The Kier molecular flexibility index (Phi) is 1.91. The average Bonchev–Trinajstić information content (AvgIpc) is 2.14. The van der Waals surface area contributed by atoms with Crippen molar-refractivity contribution in [3.05, 3.63) is 11.1 Å². The molecule has 1 rings (SSSR count). The maximum absolute atomic E-state index is 4.21. The first-order valence-electron chi connectivity index (χ1n) is 2.29. The summed E-state index contributed by atoms with van der Waals surface area (Å²) in [5.41, 5.74) is 1.12. The van der Waals surface area contributed by atoms with Gasteiger partial charge >= 0.3 is 0 Å². The average molecular weight is 145 g/mol. The fourth-order valence-electron chi connectivity index (χ4n) is 0.426. The Morgan fingerprint density at radius 1 is 1.75 bits per heavy atom. The predicted octanol–water partition coefficient (Wildman–Crippen LogP) is 2.17. The molecule has 1 aromatic rings. The molecule has 1 aromatic heterocycles. The summed E-state index contributed by atoms with van der Waals surface area (Å²) < 4.78 is 1.16. The minimum Gasteiger partial charge on any atom is -0.235 e. The first-order chi connectivity index (χ1) is 3.83. The quantitative estimate of drug-likeness (QED) is 0.562. The molecule has 44 valence electrons. The highest BCUT2D eigenvalue weighted by molar-refractivity contribution is 8.00. The molecule has 0 aliphatic rings. The predicted molar refractivity (Wildman–Crippen MR) is 38.6 cm³/mol. The van der Waals surface area contributed by atoms with E-state index in [0.717, 1.165) is 10.0 Å². The van der Waals surface area contributed by atoms with Crippen LogP contribution in [0.4, 0.5) is 0 Å². The highest BCUT2D eigenvalue weighted by Gasteiger charge is 1.92. The molecule has 0 fully saturated rings. The van der Waals surface area contributed by atoms with Gasteiger partial charge in [0.2, 0.25) is 0 Å². The van der Waals surface area contributed by atoms with E-state index >= 15 is 0 Å². The van der Waals surface area contributed by atoms with Crippen LogP contribution < -0.4 is 0 Å². The van der Waals surface area contributed by atoms with Gasteiger partial charge in [0.15, 0.2) is 0 Å². The van der Waals surface area contributed by atoms with Crippen LogP contribution in [0, 0.1) is 6.92 Å². The van der Waals surface area contributed by atoms with E-state index in [9.17, 15) is 0 Å². The van der Waals surface area contributed by atoms with Crippen molar-refractivity contribution in [3.8, 4) is 0 Å². The third kappa shape index (κ3) is 1.23. The molecule has 0 saturated heterocycles. The number of hydrogen-bond donors (Lipinski definition) is 0. The van der Waals surface area contributed by atoms with Crippen LogP contribution in [-0.4, -0.2) is 11.2 Å². The van der Waals surface area contributed by atoms with Gasteiger partial charge in [0.25, 0.3) is 0 Å². The highest BCUT2D eigenvalue weighted by Crippen LogP contribution is 2.18. The number of hydrogen-bond acceptors (Lipinski definition) is 3. The van der Waals surface area contributed by atoms with Crippen LogP contribution in [0.15, 0.2) is 9.72 Å². The SMILES string of the molecule is CSc1nc(C)cs1. The van der Waals surface area contributed by atoms with Crippen molar-refractivity contribution in [1.29, 1.82) is 0 Å².